The summed E-state index contributed by atoms with van der Waals surface area (Å²) in [5.74, 6) is 4.11. The number of amidine groups is 1. The molecule has 1 aliphatic heterocycles. The molecule has 1 heterocycles. The van der Waals surface area contributed by atoms with Crippen molar-refractivity contribution in [1.29, 1.82) is 0 Å². The summed E-state index contributed by atoms with van der Waals surface area (Å²) in [7, 11) is 0. The zero-order chi connectivity index (χ0) is 13.8. The van der Waals surface area contributed by atoms with Crippen molar-refractivity contribution in [2.75, 3.05) is 12.3 Å². The average molecular weight is 295 g/mol. The molecule has 0 aromatic heterocycles. The summed E-state index contributed by atoms with van der Waals surface area (Å²) in [4.78, 5) is 4.86. The van der Waals surface area contributed by atoms with Crippen molar-refractivity contribution in [2.24, 2.45) is 22.7 Å². The van der Waals surface area contributed by atoms with E-state index in [1.54, 1.807) is 0 Å². The highest BCUT2D eigenvalue weighted by Gasteiger charge is 2.30. The van der Waals surface area contributed by atoms with E-state index in [-0.39, 0.29) is 0 Å². The molecule has 114 valence electrons. The molecule has 0 bridgehead atoms. The molecule has 0 aromatic rings. The fraction of sp³-hybridized carbons (Fsp3) is 0.941. The van der Waals surface area contributed by atoms with E-state index >= 15 is 0 Å². The number of aliphatic imine (C=N–C) groups is 1. The molecule has 0 aromatic carbocycles. The van der Waals surface area contributed by atoms with Gasteiger partial charge in [-0.05, 0) is 43.4 Å². The summed E-state index contributed by atoms with van der Waals surface area (Å²) in [5, 5.41) is 4.96. The molecule has 1 saturated heterocycles. The van der Waals surface area contributed by atoms with Crippen LogP contribution in [0.1, 0.15) is 64.7 Å². The van der Waals surface area contributed by atoms with Crippen LogP contribution in [0.4, 0.5) is 0 Å². The second kappa shape index (κ2) is 7.20. The van der Waals surface area contributed by atoms with Crippen LogP contribution in [0.25, 0.3) is 0 Å². The Morgan fingerprint density at radius 3 is 2.95 bits per heavy atom. The van der Waals surface area contributed by atoms with E-state index in [4.69, 9.17) is 4.99 Å². The third kappa shape index (κ3) is 3.93. The van der Waals surface area contributed by atoms with Crippen molar-refractivity contribution in [3.63, 3.8) is 0 Å². The maximum absolute atomic E-state index is 4.86. The van der Waals surface area contributed by atoms with Gasteiger partial charge < -0.3 is 5.32 Å². The van der Waals surface area contributed by atoms with Crippen molar-refractivity contribution in [1.82, 2.24) is 5.32 Å². The van der Waals surface area contributed by atoms with E-state index in [1.165, 1.54) is 68.7 Å². The van der Waals surface area contributed by atoms with Gasteiger partial charge >= 0.3 is 0 Å². The van der Waals surface area contributed by atoms with Gasteiger partial charge in [0.15, 0.2) is 5.17 Å². The Kier molecular flexibility index (Phi) is 5.30. The van der Waals surface area contributed by atoms with Crippen molar-refractivity contribution in [3.05, 3.63) is 0 Å². The number of thioether (sulfide) groups is 1. The molecule has 20 heavy (non-hydrogen) atoms. The maximum atomic E-state index is 4.86. The standard InChI is InChI=1S/C17H30N2S/c1-13-5-4-6-14(11-13)9-10-18-17-19-16-8-3-2-7-15(16)12-20-17/h13-16H,2-12H2,1H3,(H,18,19). The lowest BCUT2D eigenvalue weighted by molar-refractivity contribution is 0.272. The van der Waals surface area contributed by atoms with E-state index < -0.39 is 0 Å². The summed E-state index contributed by atoms with van der Waals surface area (Å²) in [6, 6.07) is 0.735. The quantitative estimate of drug-likeness (QED) is 0.831. The maximum Gasteiger partial charge on any atom is 0.156 e. The highest BCUT2D eigenvalue weighted by molar-refractivity contribution is 8.13. The first kappa shape index (κ1) is 14.7. The molecule has 4 atom stereocenters. The number of fused-ring (bicyclic) bond motifs is 1. The molecule has 2 nitrogen and oxygen atoms in total. The van der Waals surface area contributed by atoms with Gasteiger partial charge in [0.2, 0.25) is 0 Å². The second-order valence-corrected chi connectivity index (χ2v) is 8.23. The average Bonchev–Trinajstić information content (AvgIpc) is 2.47. The third-order valence-electron chi connectivity index (χ3n) is 5.49. The highest BCUT2D eigenvalue weighted by atomic mass is 32.2. The first-order valence-electron chi connectivity index (χ1n) is 8.75. The fourth-order valence-electron chi connectivity index (χ4n) is 4.25. The molecule has 3 aliphatic rings. The zero-order valence-electron chi connectivity index (χ0n) is 12.9. The summed E-state index contributed by atoms with van der Waals surface area (Å²) >= 11 is 1.97. The van der Waals surface area contributed by atoms with Crippen LogP contribution in [-0.2, 0) is 0 Å². The first-order valence-corrected chi connectivity index (χ1v) is 9.73. The van der Waals surface area contributed by atoms with Crippen LogP contribution in [0.5, 0.6) is 0 Å². The highest BCUT2D eigenvalue weighted by Crippen LogP contribution is 2.32. The van der Waals surface area contributed by atoms with Crippen LogP contribution in [0.15, 0.2) is 4.99 Å². The Morgan fingerprint density at radius 1 is 1.15 bits per heavy atom. The monoisotopic (exact) mass is 294 g/mol. The predicted molar refractivity (Wildman–Crippen MR) is 89.4 cm³/mol. The topological polar surface area (TPSA) is 24.4 Å². The van der Waals surface area contributed by atoms with Gasteiger partial charge in [0, 0.05) is 18.3 Å². The van der Waals surface area contributed by atoms with E-state index in [1.807, 2.05) is 11.8 Å². The molecular weight excluding hydrogens is 264 g/mol. The molecular formula is C17H30N2S. The molecule has 0 radical (unpaired) electrons. The molecule has 3 rings (SSSR count). The van der Waals surface area contributed by atoms with Gasteiger partial charge in [-0.15, -0.1) is 0 Å². The van der Waals surface area contributed by atoms with Crippen molar-refractivity contribution in [2.45, 2.75) is 70.8 Å². The molecule has 0 spiro atoms. The largest absolute Gasteiger partial charge is 0.362 e. The van der Waals surface area contributed by atoms with Crippen molar-refractivity contribution < 1.29 is 0 Å². The van der Waals surface area contributed by atoms with Gasteiger partial charge in [-0.3, -0.25) is 4.99 Å². The van der Waals surface area contributed by atoms with Crippen LogP contribution >= 0.6 is 11.8 Å². The summed E-state index contributed by atoms with van der Waals surface area (Å²) in [6.45, 7) is 3.46. The smallest absolute Gasteiger partial charge is 0.156 e. The lowest BCUT2D eigenvalue weighted by Gasteiger charge is -2.37. The van der Waals surface area contributed by atoms with E-state index in [0.29, 0.717) is 0 Å². The van der Waals surface area contributed by atoms with Crippen molar-refractivity contribution >= 4 is 16.9 Å². The number of nitrogens with zero attached hydrogens (tertiary/aromatic N) is 1. The van der Waals surface area contributed by atoms with Crippen molar-refractivity contribution in [3.8, 4) is 0 Å². The lowest BCUT2D eigenvalue weighted by atomic mass is 9.81. The Morgan fingerprint density at radius 2 is 2.05 bits per heavy atom. The predicted octanol–water partition coefficient (Wildman–Crippen LogP) is 4.45. The second-order valence-electron chi connectivity index (χ2n) is 7.22. The lowest BCUT2D eigenvalue weighted by Crippen LogP contribution is -2.46. The van der Waals surface area contributed by atoms with E-state index in [2.05, 4.69) is 12.2 Å². The minimum atomic E-state index is 0.735. The van der Waals surface area contributed by atoms with Gasteiger partial charge in [0.1, 0.15) is 0 Å². The zero-order valence-corrected chi connectivity index (χ0v) is 13.8. The number of nitrogens with one attached hydrogen (secondary N) is 1. The van der Waals surface area contributed by atoms with Crippen LogP contribution in [0.3, 0.4) is 0 Å². The van der Waals surface area contributed by atoms with Gasteiger partial charge in [0.25, 0.3) is 0 Å². The molecule has 2 aliphatic carbocycles. The Labute approximate surface area is 128 Å². The van der Waals surface area contributed by atoms with Crippen LogP contribution in [0.2, 0.25) is 0 Å². The number of hydrogen-bond acceptors (Lipinski definition) is 2. The number of hydrogen-bond donors (Lipinski definition) is 1. The Hall–Kier alpha value is -0.180. The van der Waals surface area contributed by atoms with Crippen LogP contribution in [0, 0.1) is 17.8 Å². The number of rotatable bonds is 3. The summed E-state index contributed by atoms with van der Waals surface area (Å²) < 4.78 is 0. The van der Waals surface area contributed by atoms with E-state index in [0.717, 1.165) is 30.3 Å². The summed E-state index contributed by atoms with van der Waals surface area (Å²) in [5.41, 5.74) is 0. The van der Waals surface area contributed by atoms with Gasteiger partial charge in [-0.1, -0.05) is 50.8 Å². The van der Waals surface area contributed by atoms with E-state index in [9.17, 15) is 0 Å². The van der Waals surface area contributed by atoms with Gasteiger partial charge in [-0.25, -0.2) is 0 Å². The fourth-order valence-corrected chi connectivity index (χ4v) is 5.43. The first-order chi connectivity index (χ1) is 9.81. The summed E-state index contributed by atoms with van der Waals surface area (Å²) in [6.07, 6.45) is 12.7. The molecule has 3 fully saturated rings. The molecule has 4 unspecified atom stereocenters. The molecule has 1 N–H and O–H groups in total. The van der Waals surface area contributed by atoms with Gasteiger partial charge in [-0.2, -0.15) is 0 Å². The molecule has 3 heteroatoms. The normalized spacial score (nSPS) is 40.1. The Balaban J connectivity index is 1.42. The van der Waals surface area contributed by atoms with Gasteiger partial charge in [0.05, 0.1) is 0 Å². The van der Waals surface area contributed by atoms with Crippen LogP contribution in [-0.4, -0.2) is 23.5 Å². The minimum Gasteiger partial charge on any atom is -0.362 e. The molecule has 0 amide bonds. The third-order valence-corrected chi connectivity index (χ3v) is 6.61. The Bertz CT molecular complexity index is 342. The van der Waals surface area contributed by atoms with Crippen LogP contribution < -0.4 is 5.32 Å². The SMILES string of the molecule is CC1CCCC(CCN=C2NC3CCCCC3CS2)C1. The molecule has 2 saturated carbocycles. The minimum absolute atomic E-state index is 0.735.